The summed E-state index contributed by atoms with van der Waals surface area (Å²) in [6.45, 7) is 2.79. The predicted octanol–water partition coefficient (Wildman–Crippen LogP) is 2.48. The quantitative estimate of drug-likeness (QED) is 0.438. The predicted molar refractivity (Wildman–Crippen MR) is 106 cm³/mol. The topological polar surface area (TPSA) is 66.9 Å². The average Bonchev–Trinajstić information content (AvgIpc) is 3.15. The van der Waals surface area contributed by atoms with Crippen molar-refractivity contribution in [1.29, 1.82) is 0 Å². The number of imide groups is 1. The number of ether oxygens (including phenoxy) is 1. The van der Waals surface area contributed by atoms with E-state index in [4.69, 9.17) is 4.74 Å². The molecule has 0 bridgehead atoms. The van der Waals surface area contributed by atoms with E-state index in [2.05, 4.69) is 24.0 Å². The second-order valence-corrected chi connectivity index (χ2v) is 9.09. The van der Waals surface area contributed by atoms with Crippen LogP contribution < -0.4 is 0 Å². The van der Waals surface area contributed by atoms with Crippen molar-refractivity contribution < 1.29 is 19.1 Å². The Morgan fingerprint density at radius 2 is 1.93 bits per heavy atom. The van der Waals surface area contributed by atoms with Gasteiger partial charge in [-0.2, -0.15) is 0 Å². The van der Waals surface area contributed by atoms with Gasteiger partial charge < -0.3 is 4.74 Å². The summed E-state index contributed by atoms with van der Waals surface area (Å²) in [6, 6.07) is 7.92. The molecule has 0 N–H and O–H groups in total. The molecule has 4 atom stereocenters. The van der Waals surface area contributed by atoms with Crippen LogP contribution in [0.15, 0.2) is 29.2 Å². The van der Waals surface area contributed by atoms with Crippen LogP contribution in [0.5, 0.6) is 0 Å². The lowest BCUT2D eigenvalue weighted by Crippen LogP contribution is -2.59. The zero-order valence-corrected chi connectivity index (χ0v) is 17.3. The van der Waals surface area contributed by atoms with Gasteiger partial charge in [-0.1, -0.05) is 19.1 Å². The molecule has 1 aromatic rings. The summed E-state index contributed by atoms with van der Waals surface area (Å²) in [6.07, 6.45) is 2.34. The largest absolute Gasteiger partial charge is 0.468 e. The Balaban J connectivity index is 1.84. The van der Waals surface area contributed by atoms with Gasteiger partial charge in [0, 0.05) is 18.0 Å². The molecular formula is C21H26N2O4S. The van der Waals surface area contributed by atoms with E-state index in [1.165, 1.54) is 24.0 Å². The Hall–Kier alpha value is -1.86. The number of rotatable bonds is 4. The third-order valence-electron chi connectivity index (χ3n) is 6.55. The summed E-state index contributed by atoms with van der Waals surface area (Å²) >= 11 is 1.76. The van der Waals surface area contributed by atoms with E-state index >= 15 is 0 Å². The summed E-state index contributed by atoms with van der Waals surface area (Å²) in [5.41, 5.74) is -0.0592. The molecule has 3 fully saturated rings. The minimum absolute atomic E-state index is 0.190. The molecule has 4 rings (SSSR count). The van der Waals surface area contributed by atoms with Crippen LogP contribution in [-0.2, 0) is 19.1 Å². The number of likely N-dealkylation sites (tertiary alicyclic amines) is 1. The second-order valence-electron chi connectivity index (χ2n) is 7.75. The van der Waals surface area contributed by atoms with Gasteiger partial charge in [-0.25, -0.2) is 0 Å². The Labute approximate surface area is 169 Å². The van der Waals surface area contributed by atoms with E-state index in [0.717, 1.165) is 24.2 Å². The number of amides is 2. The number of carbonyl (C=O) groups excluding carboxylic acids is 3. The normalized spacial score (nSPS) is 32.4. The van der Waals surface area contributed by atoms with Crippen molar-refractivity contribution in [2.75, 3.05) is 26.5 Å². The van der Waals surface area contributed by atoms with Gasteiger partial charge in [0.15, 0.2) is 0 Å². The summed E-state index contributed by atoms with van der Waals surface area (Å²) in [4.78, 5) is 43.6. The minimum atomic E-state index is -1.04. The summed E-state index contributed by atoms with van der Waals surface area (Å²) in [7, 11) is 2.90. The van der Waals surface area contributed by atoms with Crippen molar-refractivity contribution in [3.63, 3.8) is 0 Å². The fourth-order valence-corrected chi connectivity index (χ4v) is 6.09. The smallest absolute Gasteiger partial charge is 0.327 e. The van der Waals surface area contributed by atoms with Crippen LogP contribution >= 0.6 is 11.8 Å². The monoisotopic (exact) mass is 402 g/mol. The number of hydrogen-bond acceptors (Lipinski definition) is 6. The molecule has 0 saturated carbocycles. The van der Waals surface area contributed by atoms with E-state index in [9.17, 15) is 14.4 Å². The Morgan fingerprint density at radius 1 is 1.21 bits per heavy atom. The highest BCUT2D eigenvalue weighted by Crippen LogP contribution is 2.58. The Kier molecular flexibility index (Phi) is 5.00. The number of nitrogens with zero attached hydrogens (tertiary/aromatic N) is 2. The maximum absolute atomic E-state index is 13.1. The van der Waals surface area contributed by atoms with E-state index in [-0.39, 0.29) is 23.8 Å². The Morgan fingerprint density at radius 3 is 2.57 bits per heavy atom. The van der Waals surface area contributed by atoms with Crippen molar-refractivity contribution in [2.45, 2.75) is 42.7 Å². The highest BCUT2D eigenvalue weighted by atomic mass is 32.2. The van der Waals surface area contributed by atoms with E-state index < -0.39 is 17.4 Å². The van der Waals surface area contributed by atoms with Crippen LogP contribution in [0, 0.1) is 11.8 Å². The summed E-state index contributed by atoms with van der Waals surface area (Å²) in [5, 5.41) is 0. The van der Waals surface area contributed by atoms with Gasteiger partial charge in [-0.3, -0.25) is 24.2 Å². The zero-order valence-electron chi connectivity index (χ0n) is 16.5. The van der Waals surface area contributed by atoms with Crippen LogP contribution in [-0.4, -0.2) is 59.6 Å². The highest BCUT2D eigenvalue weighted by Gasteiger charge is 2.72. The van der Waals surface area contributed by atoms with Gasteiger partial charge in [-0.05, 0) is 49.3 Å². The lowest BCUT2D eigenvalue weighted by molar-refractivity contribution is -0.163. The van der Waals surface area contributed by atoms with Gasteiger partial charge in [-0.15, -0.1) is 11.8 Å². The molecule has 0 spiro atoms. The van der Waals surface area contributed by atoms with Gasteiger partial charge in [0.1, 0.15) is 5.54 Å². The van der Waals surface area contributed by atoms with Gasteiger partial charge in [0.2, 0.25) is 11.8 Å². The molecule has 0 aromatic heterocycles. The lowest BCUT2D eigenvalue weighted by atomic mass is 9.75. The molecule has 28 heavy (non-hydrogen) atoms. The lowest BCUT2D eigenvalue weighted by Gasteiger charge is -2.44. The van der Waals surface area contributed by atoms with Gasteiger partial charge in [0.05, 0.1) is 18.9 Å². The molecule has 3 heterocycles. The SMILES string of the molecule is CCSc1ccc([C@@H]2[C@@H]3C(=O)N(C)C(=O)[C@@H]3[C@]3(C(=O)OC)CCCCN23)cc1. The molecule has 0 radical (unpaired) electrons. The maximum atomic E-state index is 13.1. The van der Waals surface area contributed by atoms with E-state index in [1.54, 1.807) is 11.8 Å². The second kappa shape index (κ2) is 7.19. The fraction of sp³-hybridized carbons (Fsp3) is 0.571. The molecule has 7 heteroatoms. The van der Waals surface area contributed by atoms with E-state index in [1.807, 2.05) is 12.1 Å². The number of benzene rings is 1. The standard InChI is InChI=1S/C21H26N2O4S/c1-4-28-14-9-7-13(8-10-14)17-15-16(19(25)22(2)18(15)24)21(20(26)27-3)11-5-6-12-23(17)21/h7-10,15-17H,4-6,11-12H2,1-3H3/t15-,16-,17-,21+/m1/s1. The molecule has 3 aliphatic rings. The molecule has 0 aliphatic carbocycles. The summed E-state index contributed by atoms with van der Waals surface area (Å²) < 4.78 is 5.19. The van der Waals surface area contributed by atoms with Gasteiger partial charge >= 0.3 is 5.97 Å². The van der Waals surface area contributed by atoms with Crippen molar-refractivity contribution in [1.82, 2.24) is 9.80 Å². The molecule has 1 aromatic carbocycles. The molecule has 150 valence electrons. The first-order valence-corrected chi connectivity index (χ1v) is 10.8. The van der Waals surface area contributed by atoms with Crippen LogP contribution in [0.25, 0.3) is 0 Å². The number of methoxy groups -OCH3 is 1. The number of hydrogen-bond donors (Lipinski definition) is 0. The Bertz CT molecular complexity index is 811. The number of piperidine rings is 1. The number of esters is 1. The molecular weight excluding hydrogens is 376 g/mol. The first kappa shape index (κ1) is 19.5. The number of fused-ring (bicyclic) bond motifs is 3. The molecule has 6 nitrogen and oxygen atoms in total. The molecule has 0 unspecified atom stereocenters. The van der Waals surface area contributed by atoms with Crippen molar-refractivity contribution >= 4 is 29.5 Å². The molecule has 3 aliphatic heterocycles. The van der Waals surface area contributed by atoms with Gasteiger partial charge in [0.25, 0.3) is 0 Å². The molecule has 3 saturated heterocycles. The van der Waals surface area contributed by atoms with Crippen LogP contribution in [0.1, 0.15) is 37.8 Å². The van der Waals surface area contributed by atoms with Crippen LogP contribution in [0.2, 0.25) is 0 Å². The third kappa shape index (κ3) is 2.55. The first-order chi connectivity index (χ1) is 13.5. The average molecular weight is 403 g/mol. The number of carbonyl (C=O) groups is 3. The van der Waals surface area contributed by atoms with Crippen molar-refractivity contribution in [3.05, 3.63) is 29.8 Å². The fourth-order valence-electron chi connectivity index (χ4n) is 5.43. The van der Waals surface area contributed by atoms with Crippen LogP contribution in [0.4, 0.5) is 0 Å². The molecule has 2 amide bonds. The van der Waals surface area contributed by atoms with Crippen molar-refractivity contribution in [3.8, 4) is 0 Å². The zero-order chi connectivity index (χ0) is 20.1. The first-order valence-electron chi connectivity index (χ1n) is 9.86. The maximum Gasteiger partial charge on any atom is 0.327 e. The highest BCUT2D eigenvalue weighted by molar-refractivity contribution is 7.99. The minimum Gasteiger partial charge on any atom is -0.468 e. The third-order valence-corrected chi connectivity index (χ3v) is 7.45. The van der Waals surface area contributed by atoms with E-state index in [0.29, 0.717) is 13.0 Å². The van der Waals surface area contributed by atoms with Crippen LogP contribution in [0.3, 0.4) is 0 Å². The summed E-state index contributed by atoms with van der Waals surface area (Å²) in [5.74, 6) is -1.06. The van der Waals surface area contributed by atoms with Crippen molar-refractivity contribution in [2.24, 2.45) is 11.8 Å². The number of thioether (sulfide) groups is 1.